The number of carbonyl (C=O) groups is 1. The predicted octanol–water partition coefficient (Wildman–Crippen LogP) is 5.19. The highest BCUT2D eigenvalue weighted by atomic mass is 32.2. The third kappa shape index (κ3) is 6.75. The number of aliphatic imine (C=N–C) groups is 1. The molecule has 0 spiro atoms. The van der Waals surface area contributed by atoms with Gasteiger partial charge in [0, 0.05) is 6.54 Å². The van der Waals surface area contributed by atoms with E-state index in [0.29, 0.717) is 17.8 Å². The Balaban J connectivity index is 1.65. The fourth-order valence-corrected chi connectivity index (χ4v) is 4.38. The van der Waals surface area contributed by atoms with Gasteiger partial charge in [-0.3, -0.25) is 9.79 Å². The largest absolute Gasteiger partial charge is 0.573 e. The van der Waals surface area contributed by atoms with Crippen LogP contribution in [0.4, 0.5) is 26.3 Å². The molecular weight excluding hydrogens is 526 g/mol. The average Bonchev–Trinajstić information content (AvgIpc) is 3.43. The molecule has 2 aromatic rings. The van der Waals surface area contributed by atoms with Crippen LogP contribution in [0.15, 0.2) is 46.3 Å². The summed E-state index contributed by atoms with van der Waals surface area (Å²) in [7, 11) is 0. The number of benzene rings is 2. The summed E-state index contributed by atoms with van der Waals surface area (Å²) in [4.78, 5) is 16.9. The van der Waals surface area contributed by atoms with Crippen LogP contribution in [0.3, 0.4) is 0 Å². The predicted molar refractivity (Wildman–Crippen MR) is 122 cm³/mol. The Morgan fingerprint density at radius 3 is 2.49 bits per heavy atom. The molecule has 0 aromatic heterocycles. The first-order chi connectivity index (χ1) is 17.4. The number of ether oxygens (including phenoxy) is 2. The molecule has 2 aliphatic heterocycles. The molecule has 1 unspecified atom stereocenters. The molecule has 194 valence electrons. The van der Waals surface area contributed by atoms with Gasteiger partial charge in [-0.1, -0.05) is 6.07 Å². The van der Waals surface area contributed by atoms with Crippen molar-refractivity contribution in [1.82, 2.24) is 10.6 Å². The van der Waals surface area contributed by atoms with Crippen molar-refractivity contribution in [3.05, 3.63) is 58.0 Å². The van der Waals surface area contributed by atoms with Gasteiger partial charge in [0.1, 0.15) is 5.75 Å². The van der Waals surface area contributed by atoms with Gasteiger partial charge in [0.15, 0.2) is 16.7 Å². The van der Waals surface area contributed by atoms with Crippen molar-refractivity contribution in [3.63, 3.8) is 0 Å². The molecule has 4 rings (SSSR count). The van der Waals surface area contributed by atoms with Crippen LogP contribution in [-0.2, 0) is 11.0 Å². The Morgan fingerprint density at radius 1 is 1.08 bits per heavy atom. The molecule has 2 aromatic carbocycles. The van der Waals surface area contributed by atoms with E-state index in [1.54, 1.807) is 6.07 Å². The van der Waals surface area contributed by atoms with Crippen molar-refractivity contribution in [1.29, 1.82) is 5.26 Å². The summed E-state index contributed by atoms with van der Waals surface area (Å²) >= 11 is 1.01. The van der Waals surface area contributed by atoms with Crippen LogP contribution in [0.5, 0.6) is 17.2 Å². The van der Waals surface area contributed by atoms with Crippen molar-refractivity contribution < 1.29 is 40.6 Å². The van der Waals surface area contributed by atoms with Crippen LogP contribution in [0.25, 0.3) is 6.08 Å². The lowest BCUT2D eigenvalue weighted by molar-refractivity contribution is -0.275. The van der Waals surface area contributed by atoms with Crippen LogP contribution in [0.1, 0.15) is 23.1 Å². The van der Waals surface area contributed by atoms with Gasteiger partial charge in [-0.2, -0.15) is 18.4 Å². The van der Waals surface area contributed by atoms with Crippen LogP contribution in [-0.4, -0.2) is 36.6 Å². The first-order valence-electron chi connectivity index (χ1n) is 10.6. The Kier molecular flexibility index (Phi) is 7.37. The summed E-state index contributed by atoms with van der Waals surface area (Å²) in [6, 6.07) is 7.07. The van der Waals surface area contributed by atoms with Gasteiger partial charge >= 0.3 is 12.5 Å². The number of hydrogen-bond acceptors (Lipinski definition) is 7. The number of thioether (sulfide) groups is 1. The van der Waals surface area contributed by atoms with E-state index in [1.807, 2.05) is 0 Å². The maximum Gasteiger partial charge on any atom is 0.573 e. The van der Waals surface area contributed by atoms with E-state index >= 15 is 0 Å². The first kappa shape index (κ1) is 26.4. The maximum atomic E-state index is 13.5. The van der Waals surface area contributed by atoms with Gasteiger partial charge < -0.3 is 20.1 Å². The molecule has 37 heavy (non-hydrogen) atoms. The molecule has 2 N–H and O–H groups in total. The Bertz CT molecular complexity index is 1310. The van der Waals surface area contributed by atoms with E-state index in [1.165, 1.54) is 12.1 Å². The highest BCUT2D eigenvalue weighted by molar-refractivity contribution is 8.18. The molecule has 0 aliphatic carbocycles. The minimum absolute atomic E-state index is 0.00538. The van der Waals surface area contributed by atoms with Gasteiger partial charge in [0.05, 0.1) is 28.1 Å². The van der Waals surface area contributed by atoms with Gasteiger partial charge in [0.25, 0.3) is 5.91 Å². The number of nitrogens with zero attached hydrogens (tertiary/aromatic N) is 2. The molecule has 0 bridgehead atoms. The van der Waals surface area contributed by atoms with Crippen molar-refractivity contribution in [2.75, 3.05) is 13.1 Å². The quantitative estimate of drug-likeness (QED) is 0.399. The van der Waals surface area contributed by atoms with Crippen molar-refractivity contribution >= 4 is 28.9 Å². The summed E-state index contributed by atoms with van der Waals surface area (Å²) < 4.78 is 88.8. The average molecular weight is 542 g/mol. The molecule has 7 nitrogen and oxygen atoms in total. The zero-order valence-corrected chi connectivity index (χ0v) is 19.4. The van der Waals surface area contributed by atoms with E-state index in [2.05, 4.69) is 20.4 Å². The monoisotopic (exact) mass is 542 g/mol. The molecule has 2 saturated heterocycles. The third-order valence-corrected chi connectivity index (χ3v) is 6.03. The molecule has 2 fully saturated rings. The van der Waals surface area contributed by atoms with Crippen molar-refractivity contribution in [2.24, 2.45) is 4.99 Å². The molecule has 2 heterocycles. The number of amidine groups is 1. The number of alkyl halides is 6. The number of nitrogens with one attached hydrogen (secondary N) is 2. The summed E-state index contributed by atoms with van der Waals surface area (Å²) in [5.41, 5.74) is -1.56. The van der Waals surface area contributed by atoms with Gasteiger partial charge in [0.2, 0.25) is 0 Å². The second kappa shape index (κ2) is 10.3. The number of amides is 1. The fraction of sp³-hybridized carbons (Fsp3) is 0.261. The van der Waals surface area contributed by atoms with E-state index in [0.717, 1.165) is 49.0 Å². The highest BCUT2D eigenvalue weighted by Gasteiger charge is 2.36. The number of rotatable bonds is 5. The Labute approximate surface area is 210 Å². The van der Waals surface area contributed by atoms with E-state index in [4.69, 9.17) is 10.00 Å². The standard InChI is InChI=1S/C23H16F6N4O3S/c24-22(25,26)15-7-13(10-30)2-3-16(15)35-17-4-1-12(8-18(17)36-23(27,28)29)9-19-20(34)33-21(37-19)32-14-5-6-31-11-14/h1-4,7-9,14,31H,5-6,11H2,(H,32,33,34). The van der Waals surface area contributed by atoms with Gasteiger partial charge in [-0.25, -0.2) is 0 Å². The van der Waals surface area contributed by atoms with Gasteiger partial charge in [-0.15, -0.1) is 13.2 Å². The maximum absolute atomic E-state index is 13.5. The van der Waals surface area contributed by atoms with E-state index < -0.39 is 41.3 Å². The number of carbonyl (C=O) groups excluding carboxylic acids is 1. The minimum Gasteiger partial charge on any atom is -0.453 e. The summed E-state index contributed by atoms with van der Waals surface area (Å²) in [5, 5.41) is 15.0. The van der Waals surface area contributed by atoms with Crippen LogP contribution < -0.4 is 20.1 Å². The van der Waals surface area contributed by atoms with E-state index in [9.17, 15) is 31.1 Å². The molecule has 1 atom stereocenters. The lowest BCUT2D eigenvalue weighted by Gasteiger charge is -2.17. The Hall–Kier alpha value is -3.70. The van der Waals surface area contributed by atoms with Crippen molar-refractivity contribution in [3.8, 4) is 23.3 Å². The van der Waals surface area contributed by atoms with Crippen molar-refractivity contribution in [2.45, 2.75) is 25.0 Å². The smallest absolute Gasteiger partial charge is 0.453 e. The summed E-state index contributed by atoms with van der Waals surface area (Å²) in [5.74, 6) is -2.90. The lowest BCUT2D eigenvalue weighted by Crippen LogP contribution is -2.22. The van der Waals surface area contributed by atoms with Crippen LogP contribution in [0, 0.1) is 11.3 Å². The molecular formula is C23H16F6N4O3S. The summed E-state index contributed by atoms with van der Waals surface area (Å²) in [6.45, 7) is 1.46. The van der Waals surface area contributed by atoms with Crippen LogP contribution in [0.2, 0.25) is 0 Å². The zero-order valence-electron chi connectivity index (χ0n) is 18.5. The van der Waals surface area contributed by atoms with Gasteiger partial charge in [-0.05, 0) is 66.7 Å². The number of hydrogen-bond donors (Lipinski definition) is 2. The number of nitriles is 1. The van der Waals surface area contributed by atoms with Crippen LogP contribution >= 0.6 is 11.8 Å². The second-order valence-electron chi connectivity index (χ2n) is 7.82. The molecule has 14 heteroatoms. The molecule has 0 radical (unpaired) electrons. The third-order valence-electron chi connectivity index (χ3n) is 5.11. The highest BCUT2D eigenvalue weighted by Crippen LogP contribution is 2.42. The fourth-order valence-electron chi connectivity index (χ4n) is 3.49. The molecule has 2 aliphatic rings. The normalized spacial score (nSPS) is 20.2. The molecule has 1 amide bonds. The lowest BCUT2D eigenvalue weighted by atomic mass is 10.1. The zero-order chi connectivity index (χ0) is 26.8. The SMILES string of the molecule is N#Cc1ccc(Oc2ccc(C=C3SC(=NC4CCNC4)NC3=O)cc2OC(F)(F)F)c(C(F)(F)F)c1. The molecule has 0 saturated carbocycles. The van der Waals surface area contributed by atoms with E-state index in [-0.39, 0.29) is 22.1 Å². The topological polar surface area (TPSA) is 95.7 Å². The first-order valence-corrected chi connectivity index (χ1v) is 11.4. The summed E-state index contributed by atoms with van der Waals surface area (Å²) in [6.07, 6.45) is -8.03. The Morgan fingerprint density at radius 2 is 1.84 bits per heavy atom. The second-order valence-corrected chi connectivity index (χ2v) is 8.85. The number of halogens is 6. The minimum atomic E-state index is -5.18.